The quantitative estimate of drug-likeness (QED) is 0.846. The van der Waals surface area contributed by atoms with E-state index in [1.807, 2.05) is 0 Å². The first-order valence-electron chi connectivity index (χ1n) is 5.77. The van der Waals surface area contributed by atoms with E-state index in [1.54, 1.807) is 0 Å². The summed E-state index contributed by atoms with van der Waals surface area (Å²) in [7, 11) is 2.18. The predicted molar refractivity (Wildman–Crippen MR) is 74.4 cm³/mol. The fourth-order valence-corrected chi connectivity index (χ4v) is 2.93. The van der Waals surface area contributed by atoms with Crippen LogP contribution in [0, 0.1) is 12.8 Å². The van der Waals surface area contributed by atoms with Crippen molar-refractivity contribution in [2.45, 2.75) is 26.8 Å². The summed E-state index contributed by atoms with van der Waals surface area (Å²) in [5, 5.41) is 3.64. The van der Waals surface area contributed by atoms with Crippen LogP contribution in [0.4, 0.5) is 11.4 Å². The van der Waals surface area contributed by atoms with Gasteiger partial charge >= 0.3 is 0 Å². The number of benzene rings is 1. The van der Waals surface area contributed by atoms with Crippen molar-refractivity contribution in [2.24, 2.45) is 5.92 Å². The highest BCUT2D eigenvalue weighted by Gasteiger charge is 2.24. The minimum absolute atomic E-state index is 0.534. The molecule has 1 heterocycles. The molecule has 88 valence electrons. The molecule has 2 rings (SSSR count). The molecular weight excluding hydrogens is 264 g/mol. The summed E-state index contributed by atoms with van der Waals surface area (Å²) in [5.41, 5.74) is 3.90. The highest BCUT2D eigenvalue weighted by Crippen LogP contribution is 2.36. The molecule has 1 aliphatic rings. The molecule has 0 bridgehead atoms. The lowest BCUT2D eigenvalue weighted by molar-refractivity contribution is 0.514. The highest BCUT2D eigenvalue weighted by molar-refractivity contribution is 9.10. The summed E-state index contributed by atoms with van der Waals surface area (Å²) in [6.45, 7) is 7.77. The molecule has 0 saturated carbocycles. The summed E-state index contributed by atoms with van der Waals surface area (Å²) < 4.78 is 1.15. The van der Waals surface area contributed by atoms with E-state index in [2.05, 4.69) is 66.1 Å². The third-order valence-corrected chi connectivity index (χ3v) is 3.72. The fraction of sp³-hybridized carbons (Fsp3) is 0.538. The molecule has 0 aromatic heterocycles. The van der Waals surface area contributed by atoms with Gasteiger partial charge in [-0.25, -0.2) is 0 Å². The first kappa shape index (κ1) is 11.8. The molecule has 0 aliphatic carbocycles. The maximum atomic E-state index is 3.64. The molecule has 0 radical (unpaired) electrons. The molecule has 1 aromatic rings. The molecule has 3 heteroatoms. The Morgan fingerprint density at radius 2 is 2.12 bits per heavy atom. The SMILES string of the molecule is Cc1cc(Br)cc2c1N(C)CC(C(C)C)N2. The summed E-state index contributed by atoms with van der Waals surface area (Å²) in [5.74, 6) is 0.648. The zero-order valence-corrected chi connectivity index (χ0v) is 11.9. The second kappa shape index (κ2) is 4.28. The second-order valence-corrected chi connectivity index (χ2v) is 5.91. The number of fused-ring (bicyclic) bond motifs is 1. The Labute approximate surface area is 106 Å². The van der Waals surface area contributed by atoms with Crippen LogP contribution in [0.1, 0.15) is 19.4 Å². The zero-order valence-electron chi connectivity index (χ0n) is 10.3. The van der Waals surface area contributed by atoms with Crippen molar-refractivity contribution in [3.05, 3.63) is 22.2 Å². The Bertz CT molecular complexity index is 401. The van der Waals surface area contributed by atoms with Gasteiger partial charge < -0.3 is 10.2 Å². The molecule has 2 nitrogen and oxygen atoms in total. The van der Waals surface area contributed by atoms with E-state index in [1.165, 1.54) is 16.9 Å². The monoisotopic (exact) mass is 282 g/mol. The minimum Gasteiger partial charge on any atom is -0.379 e. The van der Waals surface area contributed by atoms with Crippen LogP contribution in [0.15, 0.2) is 16.6 Å². The molecule has 0 fully saturated rings. The highest BCUT2D eigenvalue weighted by atomic mass is 79.9. The van der Waals surface area contributed by atoms with Gasteiger partial charge in [-0.15, -0.1) is 0 Å². The number of nitrogens with one attached hydrogen (secondary N) is 1. The average molecular weight is 283 g/mol. The molecule has 0 saturated heterocycles. The first-order valence-corrected chi connectivity index (χ1v) is 6.56. The zero-order chi connectivity index (χ0) is 11.9. The summed E-state index contributed by atoms with van der Waals surface area (Å²) in [6.07, 6.45) is 0. The Morgan fingerprint density at radius 3 is 2.75 bits per heavy atom. The van der Waals surface area contributed by atoms with Gasteiger partial charge in [-0.2, -0.15) is 0 Å². The summed E-state index contributed by atoms with van der Waals surface area (Å²) in [6, 6.07) is 4.88. The van der Waals surface area contributed by atoms with Gasteiger partial charge in [0.05, 0.1) is 11.4 Å². The number of aryl methyl sites for hydroxylation is 1. The predicted octanol–water partition coefficient (Wildman–Crippen LogP) is 3.64. The van der Waals surface area contributed by atoms with Gasteiger partial charge in [0.25, 0.3) is 0 Å². The van der Waals surface area contributed by atoms with Crippen LogP contribution in [0.25, 0.3) is 0 Å². The number of likely N-dealkylation sites (N-methyl/N-ethyl adjacent to an activating group) is 1. The number of hydrogen-bond acceptors (Lipinski definition) is 2. The van der Waals surface area contributed by atoms with E-state index in [-0.39, 0.29) is 0 Å². The van der Waals surface area contributed by atoms with E-state index >= 15 is 0 Å². The van der Waals surface area contributed by atoms with Crippen LogP contribution >= 0.6 is 15.9 Å². The Hall–Kier alpha value is -0.700. The molecular formula is C13H19BrN2. The van der Waals surface area contributed by atoms with Crippen molar-refractivity contribution in [1.82, 2.24) is 0 Å². The van der Waals surface area contributed by atoms with Gasteiger partial charge in [0, 0.05) is 24.1 Å². The van der Waals surface area contributed by atoms with Crippen LogP contribution in [0.3, 0.4) is 0 Å². The topological polar surface area (TPSA) is 15.3 Å². The molecule has 0 amide bonds. The molecule has 1 aliphatic heterocycles. The van der Waals surface area contributed by atoms with E-state index in [0.29, 0.717) is 12.0 Å². The molecule has 1 unspecified atom stereocenters. The average Bonchev–Trinajstić information content (AvgIpc) is 2.15. The van der Waals surface area contributed by atoms with Crippen LogP contribution in [-0.4, -0.2) is 19.6 Å². The Morgan fingerprint density at radius 1 is 1.44 bits per heavy atom. The van der Waals surface area contributed by atoms with E-state index in [9.17, 15) is 0 Å². The van der Waals surface area contributed by atoms with Gasteiger partial charge in [-0.3, -0.25) is 0 Å². The number of rotatable bonds is 1. The number of halogens is 1. The summed E-state index contributed by atoms with van der Waals surface area (Å²) >= 11 is 3.56. The van der Waals surface area contributed by atoms with Gasteiger partial charge in [0.15, 0.2) is 0 Å². The van der Waals surface area contributed by atoms with E-state index in [0.717, 1.165) is 11.0 Å². The maximum absolute atomic E-state index is 3.64. The van der Waals surface area contributed by atoms with Gasteiger partial charge in [0.2, 0.25) is 0 Å². The normalized spacial score (nSPS) is 19.6. The number of hydrogen-bond donors (Lipinski definition) is 1. The lowest BCUT2D eigenvalue weighted by Crippen LogP contribution is -2.42. The van der Waals surface area contributed by atoms with Gasteiger partial charge in [0.1, 0.15) is 0 Å². The van der Waals surface area contributed by atoms with Crippen LogP contribution in [-0.2, 0) is 0 Å². The molecule has 1 aromatic carbocycles. The standard InChI is InChI=1S/C13H19BrN2/c1-8(2)12-7-16(4)13-9(3)5-10(14)6-11(13)15-12/h5-6,8,12,15H,7H2,1-4H3. The van der Waals surface area contributed by atoms with E-state index < -0.39 is 0 Å². The smallest absolute Gasteiger partial charge is 0.0630 e. The van der Waals surface area contributed by atoms with Gasteiger partial charge in [-0.1, -0.05) is 29.8 Å². The van der Waals surface area contributed by atoms with Crippen molar-refractivity contribution in [2.75, 3.05) is 23.8 Å². The largest absolute Gasteiger partial charge is 0.379 e. The lowest BCUT2D eigenvalue weighted by atomic mass is 9.99. The fourth-order valence-electron chi connectivity index (χ4n) is 2.36. The van der Waals surface area contributed by atoms with Crippen LogP contribution in [0.5, 0.6) is 0 Å². The Balaban J connectivity index is 2.42. The Kier molecular flexibility index (Phi) is 3.15. The third kappa shape index (κ3) is 2.05. The van der Waals surface area contributed by atoms with Crippen molar-refractivity contribution in [3.8, 4) is 0 Å². The van der Waals surface area contributed by atoms with Crippen molar-refractivity contribution < 1.29 is 0 Å². The van der Waals surface area contributed by atoms with Crippen molar-refractivity contribution in [3.63, 3.8) is 0 Å². The van der Waals surface area contributed by atoms with Crippen molar-refractivity contribution >= 4 is 27.3 Å². The first-order chi connectivity index (χ1) is 7.49. The van der Waals surface area contributed by atoms with Crippen LogP contribution in [0.2, 0.25) is 0 Å². The number of anilines is 2. The molecule has 1 N–H and O–H groups in total. The molecule has 16 heavy (non-hydrogen) atoms. The maximum Gasteiger partial charge on any atom is 0.0630 e. The lowest BCUT2D eigenvalue weighted by Gasteiger charge is -2.38. The number of nitrogens with zero attached hydrogens (tertiary/aromatic N) is 1. The summed E-state index contributed by atoms with van der Waals surface area (Å²) in [4.78, 5) is 2.36. The third-order valence-electron chi connectivity index (χ3n) is 3.26. The molecule has 0 spiro atoms. The molecule has 1 atom stereocenters. The van der Waals surface area contributed by atoms with Crippen molar-refractivity contribution in [1.29, 1.82) is 0 Å². The second-order valence-electron chi connectivity index (χ2n) is 4.99. The van der Waals surface area contributed by atoms with Crippen LogP contribution < -0.4 is 10.2 Å². The van der Waals surface area contributed by atoms with E-state index in [4.69, 9.17) is 0 Å². The van der Waals surface area contributed by atoms with Gasteiger partial charge in [-0.05, 0) is 30.5 Å². The minimum atomic E-state index is 0.534.